The van der Waals surface area contributed by atoms with Gasteiger partial charge in [0, 0.05) is 16.5 Å². The highest BCUT2D eigenvalue weighted by Gasteiger charge is 2.13. The van der Waals surface area contributed by atoms with E-state index >= 15 is 0 Å². The van der Waals surface area contributed by atoms with Gasteiger partial charge in [0.15, 0.2) is 0 Å². The average molecular weight is 403 g/mol. The number of carboxylic acids is 1. The number of ether oxygens (including phenoxy) is 1. The van der Waals surface area contributed by atoms with E-state index in [1.54, 1.807) is 18.2 Å². The van der Waals surface area contributed by atoms with Gasteiger partial charge in [0.2, 0.25) is 5.91 Å². The van der Waals surface area contributed by atoms with Crippen LogP contribution in [-0.4, -0.2) is 23.6 Å². The lowest BCUT2D eigenvalue weighted by Crippen LogP contribution is -2.15. The molecule has 0 heterocycles. The fourth-order valence-corrected chi connectivity index (χ4v) is 2.66. The number of carbonyl (C=O) groups excluding carboxylic acids is 1. The van der Waals surface area contributed by atoms with Crippen molar-refractivity contribution >= 4 is 52.4 Å². The van der Waals surface area contributed by atoms with E-state index in [0.717, 1.165) is 0 Å². The van der Waals surface area contributed by atoms with Crippen LogP contribution in [0.15, 0.2) is 36.4 Å². The van der Waals surface area contributed by atoms with Crippen molar-refractivity contribution in [2.75, 3.05) is 11.9 Å². The zero-order chi connectivity index (χ0) is 18.4. The van der Waals surface area contributed by atoms with Crippen LogP contribution < -0.4 is 10.1 Å². The molecule has 0 aromatic heterocycles. The van der Waals surface area contributed by atoms with E-state index in [1.807, 2.05) is 0 Å². The number of anilines is 1. The molecule has 0 atom stereocenters. The molecule has 0 saturated heterocycles. The first-order chi connectivity index (χ1) is 11.9. The van der Waals surface area contributed by atoms with Gasteiger partial charge in [-0.05, 0) is 42.8 Å². The van der Waals surface area contributed by atoms with Gasteiger partial charge in [0.25, 0.3) is 0 Å². The van der Waals surface area contributed by atoms with E-state index < -0.39 is 5.97 Å². The van der Waals surface area contributed by atoms with Gasteiger partial charge in [0.1, 0.15) is 5.75 Å². The standard InChI is InChI=1S/C17H14Cl3NO4/c18-10-4-6-15(13(20)8-10)25-7-1-2-16(22)21-14-9-11(19)3-5-12(14)17(23)24/h3-6,8-9H,1-2,7H2,(H,21,22)(H,23,24). The number of hydrogen-bond acceptors (Lipinski definition) is 3. The van der Waals surface area contributed by atoms with Crippen LogP contribution in [0.1, 0.15) is 23.2 Å². The van der Waals surface area contributed by atoms with Crippen LogP contribution in [0.2, 0.25) is 15.1 Å². The molecule has 2 rings (SSSR count). The summed E-state index contributed by atoms with van der Waals surface area (Å²) in [5.74, 6) is -1.00. The first-order valence-corrected chi connectivity index (χ1v) is 8.41. The molecule has 0 aliphatic rings. The van der Waals surface area contributed by atoms with E-state index in [0.29, 0.717) is 27.2 Å². The summed E-state index contributed by atoms with van der Waals surface area (Å²) in [4.78, 5) is 23.1. The number of benzene rings is 2. The lowest BCUT2D eigenvalue weighted by Gasteiger charge is -2.10. The molecular formula is C17H14Cl3NO4. The molecule has 132 valence electrons. The third-order valence-corrected chi connectivity index (χ3v) is 3.95. The molecule has 0 fully saturated rings. The van der Waals surface area contributed by atoms with E-state index in [1.165, 1.54) is 18.2 Å². The average Bonchev–Trinajstić information content (AvgIpc) is 2.53. The number of halogens is 3. The highest BCUT2D eigenvalue weighted by atomic mass is 35.5. The fourth-order valence-electron chi connectivity index (χ4n) is 2.03. The quantitative estimate of drug-likeness (QED) is 0.629. The molecule has 2 N–H and O–H groups in total. The first kappa shape index (κ1) is 19.4. The second-order valence-electron chi connectivity index (χ2n) is 5.07. The highest BCUT2D eigenvalue weighted by Crippen LogP contribution is 2.27. The second-order valence-corrected chi connectivity index (χ2v) is 6.35. The molecule has 0 radical (unpaired) electrons. The Morgan fingerprint density at radius 2 is 1.72 bits per heavy atom. The summed E-state index contributed by atoms with van der Waals surface area (Å²) in [7, 11) is 0. The molecule has 5 nitrogen and oxygen atoms in total. The first-order valence-electron chi connectivity index (χ1n) is 7.27. The number of aromatic carboxylic acids is 1. The molecule has 0 aliphatic heterocycles. The molecule has 0 aliphatic carbocycles. The molecule has 2 aromatic rings. The Balaban J connectivity index is 1.85. The molecule has 0 unspecified atom stereocenters. The maximum Gasteiger partial charge on any atom is 0.337 e. The zero-order valence-electron chi connectivity index (χ0n) is 12.9. The van der Waals surface area contributed by atoms with Gasteiger partial charge in [0.05, 0.1) is 22.9 Å². The van der Waals surface area contributed by atoms with E-state index in [-0.39, 0.29) is 30.2 Å². The third-order valence-electron chi connectivity index (χ3n) is 3.19. The number of carbonyl (C=O) groups is 2. The maximum atomic E-state index is 12.0. The Bertz CT molecular complexity index is 795. The summed E-state index contributed by atoms with van der Waals surface area (Å²) in [6, 6.07) is 9.05. The Kier molecular flexibility index (Phi) is 6.93. The van der Waals surface area contributed by atoms with Crippen molar-refractivity contribution < 1.29 is 19.4 Å². The van der Waals surface area contributed by atoms with Gasteiger partial charge in [-0.1, -0.05) is 34.8 Å². The summed E-state index contributed by atoms with van der Waals surface area (Å²) in [6.07, 6.45) is 0.574. The molecule has 0 saturated carbocycles. The maximum absolute atomic E-state index is 12.0. The van der Waals surface area contributed by atoms with Crippen molar-refractivity contribution in [2.24, 2.45) is 0 Å². The summed E-state index contributed by atoms with van der Waals surface area (Å²) in [6.45, 7) is 0.274. The lowest BCUT2D eigenvalue weighted by molar-refractivity contribution is -0.116. The predicted octanol–water partition coefficient (Wildman–Crippen LogP) is 5.14. The number of carboxylic acid groups (broad SMARTS) is 1. The van der Waals surface area contributed by atoms with Crippen molar-refractivity contribution in [1.29, 1.82) is 0 Å². The second kappa shape index (κ2) is 8.94. The van der Waals surface area contributed by atoms with Crippen LogP contribution in [0, 0.1) is 0 Å². The van der Waals surface area contributed by atoms with Gasteiger partial charge in [-0.25, -0.2) is 4.79 Å². The largest absolute Gasteiger partial charge is 0.492 e. The minimum atomic E-state index is -1.15. The molecule has 0 spiro atoms. The molecule has 25 heavy (non-hydrogen) atoms. The smallest absolute Gasteiger partial charge is 0.337 e. The van der Waals surface area contributed by atoms with Gasteiger partial charge in [-0.3, -0.25) is 4.79 Å². The predicted molar refractivity (Wildman–Crippen MR) is 98.2 cm³/mol. The summed E-state index contributed by atoms with van der Waals surface area (Å²) < 4.78 is 5.49. The van der Waals surface area contributed by atoms with Crippen molar-refractivity contribution in [2.45, 2.75) is 12.8 Å². The van der Waals surface area contributed by atoms with Crippen molar-refractivity contribution in [3.05, 3.63) is 57.0 Å². The molecule has 0 bridgehead atoms. The Hall–Kier alpha value is -1.95. The summed E-state index contributed by atoms with van der Waals surface area (Å²) >= 11 is 17.6. The topological polar surface area (TPSA) is 75.6 Å². The normalized spacial score (nSPS) is 10.4. The van der Waals surface area contributed by atoms with Crippen LogP contribution in [0.25, 0.3) is 0 Å². The fraction of sp³-hybridized carbons (Fsp3) is 0.176. The highest BCUT2D eigenvalue weighted by molar-refractivity contribution is 6.35. The van der Waals surface area contributed by atoms with Crippen LogP contribution in [-0.2, 0) is 4.79 Å². The van der Waals surface area contributed by atoms with Crippen LogP contribution in [0.4, 0.5) is 5.69 Å². The lowest BCUT2D eigenvalue weighted by atomic mass is 10.1. The number of amides is 1. The van der Waals surface area contributed by atoms with Crippen molar-refractivity contribution in [3.8, 4) is 5.75 Å². The Morgan fingerprint density at radius 1 is 1.04 bits per heavy atom. The van der Waals surface area contributed by atoms with E-state index in [2.05, 4.69) is 5.32 Å². The minimum Gasteiger partial charge on any atom is -0.492 e. The van der Waals surface area contributed by atoms with Gasteiger partial charge in [-0.15, -0.1) is 0 Å². The molecule has 1 amide bonds. The van der Waals surface area contributed by atoms with Crippen LogP contribution >= 0.6 is 34.8 Å². The summed E-state index contributed by atoms with van der Waals surface area (Å²) in [5, 5.41) is 12.9. The molecule has 2 aromatic carbocycles. The van der Waals surface area contributed by atoms with E-state index in [9.17, 15) is 9.59 Å². The van der Waals surface area contributed by atoms with Gasteiger partial charge < -0.3 is 15.2 Å². The van der Waals surface area contributed by atoms with Crippen molar-refractivity contribution in [3.63, 3.8) is 0 Å². The monoisotopic (exact) mass is 401 g/mol. The molecular weight excluding hydrogens is 389 g/mol. The number of nitrogens with one attached hydrogen (secondary N) is 1. The van der Waals surface area contributed by atoms with Gasteiger partial charge >= 0.3 is 5.97 Å². The Labute approximate surface area is 159 Å². The van der Waals surface area contributed by atoms with Gasteiger partial charge in [-0.2, -0.15) is 0 Å². The van der Waals surface area contributed by atoms with Crippen LogP contribution in [0.5, 0.6) is 5.75 Å². The third kappa shape index (κ3) is 5.81. The van der Waals surface area contributed by atoms with Crippen molar-refractivity contribution in [1.82, 2.24) is 0 Å². The zero-order valence-corrected chi connectivity index (χ0v) is 15.2. The Morgan fingerprint density at radius 3 is 2.40 bits per heavy atom. The summed E-state index contributed by atoms with van der Waals surface area (Å²) in [5.41, 5.74) is 0.133. The van der Waals surface area contributed by atoms with E-state index in [4.69, 9.17) is 44.6 Å². The number of hydrogen-bond donors (Lipinski definition) is 2. The SMILES string of the molecule is O=C(CCCOc1ccc(Cl)cc1Cl)Nc1cc(Cl)ccc1C(=O)O. The molecule has 8 heteroatoms. The minimum absolute atomic E-state index is 0.0260. The number of rotatable bonds is 7. The van der Waals surface area contributed by atoms with Crippen LogP contribution in [0.3, 0.4) is 0 Å².